The summed E-state index contributed by atoms with van der Waals surface area (Å²) < 4.78 is 5.33. The van der Waals surface area contributed by atoms with E-state index in [2.05, 4.69) is 28.6 Å². The van der Waals surface area contributed by atoms with Gasteiger partial charge in [0.25, 0.3) is 0 Å². The topological polar surface area (TPSA) is 54.1 Å². The summed E-state index contributed by atoms with van der Waals surface area (Å²) in [5.41, 5.74) is 6.10. The SMILES string of the molecule is CC(C)C(CN=C(N)N1CCOCC1)N1CCCC1. The lowest BCUT2D eigenvalue weighted by Crippen LogP contribution is -2.46. The molecule has 2 aliphatic rings. The monoisotopic (exact) mass is 268 g/mol. The molecule has 0 saturated carbocycles. The van der Waals surface area contributed by atoms with Crippen molar-refractivity contribution in [2.45, 2.75) is 32.7 Å². The Kier molecular flexibility index (Phi) is 5.45. The molecule has 19 heavy (non-hydrogen) atoms. The predicted octanol–water partition coefficient (Wildman–Crippen LogP) is 0.754. The molecular weight excluding hydrogens is 240 g/mol. The van der Waals surface area contributed by atoms with Gasteiger partial charge >= 0.3 is 0 Å². The second-order valence-electron chi connectivity index (χ2n) is 5.85. The molecule has 0 aliphatic carbocycles. The fourth-order valence-corrected chi connectivity index (χ4v) is 2.90. The molecule has 0 bridgehead atoms. The van der Waals surface area contributed by atoms with Crippen LogP contribution in [0.15, 0.2) is 4.99 Å². The Balaban J connectivity index is 1.89. The van der Waals surface area contributed by atoms with Gasteiger partial charge < -0.3 is 15.4 Å². The van der Waals surface area contributed by atoms with Crippen molar-refractivity contribution in [3.05, 3.63) is 0 Å². The van der Waals surface area contributed by atoms with E-state index in [4.69, 9.17) is 10.5 Å². The minimum absolute atomic E-state index is 0.530. The van der Waals surface area contributed by atoms with Crippen LogP contribution < -0.4 is 5.73 Å². The molecule has 2 heterocycles. The molecule has 1 unspecified atom stereocenters. The van der Waals surface area contributed by atoms with Crippen LogP contribution in [0.3, 0.4) is 0 Å². The van der Waals surface area contributed by atoms with Gasteiger partial charge in [0.2, 0.25) is 0 Å². The molecule has 5 heteroatoms. The highest BCUT2D eigenvalue weighted by Crippen LogP contribution is 2.18. The standard InChI is InChI=1S/C14H28N4O/c1-12(2)13(17-5-3-4-6-17)11-16-14(15)18-7-9-19-10-8-18/h12-13H,3-11H2,1-2H3,(H2,15,16). The lowest BCUT2D eigenvalue weighted by atomic mass is 10.0. The normalized spacial score (nSPS) is 24.2. The molecule has 5 nitrogen and oxygen atoms in total. The van der Waals surface area contributed by atoms with E-state index in [-0.39, 0.29) is 0 Å². The summed E-state index contributed by atoms with van der Waals surface area (Å²) in [7, 11) is 0. The summed E-state index contributed by atoms with van der Waals surface area (Å²) in [5, 5.41) is 0. The second kappa shape index (κ2) is 7.10. The second-order valence-corrected chi connectivity index (χ2v) is 5.85. The van der Waals surface area contributed by atoms with Gasteiger partial charge in [0, 0.05) is 19.1 Å². The molecule has 0 aromatic heterocycles. The maximum absolute atomic E-state index is 6.10. The van der Waals surface area contributed by atoms with Crippen molar-refractivity contribution in [1.82, 2.24) is 9.80 Å². The summed E-state index contributed by atoms with van der Waals surface area (Å²) >= 11 is 0. The largest absolute Gasteiger partial charge is 0.378 e. The van der Waals surface area contributed by atoms with Crippen molar-refractivity contribution in [3.63, 3.8) is 0 Å². The van der Waals surface area contributed by atoms with E-state index >= 15 is 0 Å². The number of rotatable bonds is 4. The van der Waals surface area contributed by atoms with Gasteiger partial charge in [0.1, 0.15) is 0 Å². The molecule has 2 saturated heterocycles. The molecule has 2 N–H and O–H groups in total. The van der Waals surface area contributed by atoms with Crippen LogP contribution in [0, 0.1) is 5.92 Å². The zero-order valence-corrected chi connectivity index (χ0v) is 12.3. The van der Waals surface area contributed by atoms with Crippen LogP contribution in [0.5, 0.6) is 0 Å². The van der Waals surface area contributed by atoms with Crippen molar-refractivity contribution in [3.8, 4) is 0 Å². The fraction of sp³-hybridized carbons (Fsp3) is 0.929. The maximum atomic E-state index is 6.10. The Morgan fingerprint density at radius 2 is 1.79 bits per heavy atom. The van der Waals surface area contributed by atoms with Crippen LogP contribution >= 0.6 is 0 Å². The first-order valence-electron chi connectivity index (χ1n) is 7.55. The summed E-state index contributed by atoms with van der Waals surface area (Å²) in [5.74, 6) is 1.31. The van der Waals surface area contributed by atoms with Gasteiger partial charge in [-0.15, -0.1) is 0 Å². The van der Waals surface area contributed by atoms with Gasteiger partial charge in [-0.1, -0.05) is 13.8 Å². The number of nitrogens with two attached hydrogens (primary N) is 1. The number of hydrogen-bond acceptors (Lipinski definition) is 3. The number of likely N-dealkylation sites (tertiary alicyclic amines) is 1. The van der Waals surface area contributed by atoms with Crippen LogP contribution in [0.4, 0.5) is 0 Å². The van der Waals surface area contributed by atoms with Gasteiger partial charge in [0.15, 0.2) is 5.96 Å². The van der Waals surface area contributed by atoms with Gasteiger partial charge in [0.05, 0.1) is 19.8 Å². The molecule has 1 atom stereocenters. The van der Waals surface area contributed by atoms with Crippen molar-refractivity contribution < 1.29 is 4.74 Å². The van der Waals surface area contributed by atoms with E-state index < -0.39 is 0 Å². The average molecular weight is 268 g/mol. The van der Waals surface area contributed by atoms with E-state index in [0.717, 1.165) is 32.8 Å². The lowest BCUT2D eigenvalue weighted by Gasteiger charge is -2.31. The number of hydrogen-bond donors (Lipinski definition) is 1. The Morgan fingerprint density at radius 1 is 1.16 bits per heavy atom. The average Bonchev–Trinajstić information content (AvgIpc) is 2.93. The quantitative estimate of drug-likeness (QED) is 0.604. The number of nitrogens with zero attached hydrogens (tertiary/aromatic N) is 3. The Morgan fingerprint density at radius 3 is 2.37 bits per heavy atom. The van der Waals surface area contributed by atoms with Crippen LogP contribution in [0.2, 0.25) is 0 Å². The third-order valence-corrected chi connectivity index (χ3v) is 4.15. The summed E-state index contributed by atoms with van der Waals surface area (Å²) in [6, 6.07) is 0.530. The first-order valence-corrected chi connectivity index (χ1v) is 7.55. The molecule has 110 valence electrons. The van der Waals surface area contributed by atoms with Crippen molar-refractivity contribution >= 4 is 5.96 Å². The zero-order chi connectivity index (χ0) is 13.7. The van der Waals surface area contributed by atoms with Crippen molar-refractivity contribution in [2.24, 2.45) is 16.6 Å². The molecule has 0 amide bonds. The molecule has 0 spiro atoms. The Bertz CT molecular complexity index is 294. The molecule has 0 aromatic rings. The summed E-state index contributed by atoms with van der Waals surface area (Å²) in [4.78, 5) is 9.34. The zero-order valence-electron chi connectivity index (χ0n) is 12.3. The van der Waals surface area contributed by atoms with Gasteiger partial charge in [-0.25, -0.2) is 0 Å². The predicted molar refractivity (Wildman–Crippen MR) is 78.3 cm³/mol. The summed E-state index contributed by atoms with van der Waals surface area (Å²) in [6.45, 7) is 11.1. The van der Waals surface area contributed by atoms with Crippen LogP contribution in [0.1, 0.15) is 26.7 Å². The highest BCUT2D eigenvalue weighted by atomic mass is 16.5. The van der Waals surface area contributed by atoms with Gasteiger partial charge in [-0.3, -0.25) is 9.89 Å². The molecule has 2 rings (SSSR count). The molecule has 2 aliphatic heterocycles. The van der Waals surface area contributed by atoms with Crippen LogP contribution in [0.25, 0.3) is 0 Å². The van der Waals surface area contributed by atoms with E-state index in [0.29, 0.717) is 17.9 Å². The van der Waals surface area contributed by atoms with Crippen LogP contribution in [-0.4, -0.2) is 67.7 Å². The molecule has 0 radical (unpaired) electrons. The minimum Gasteiger partial charge on any atom is -0.378 e. The van der Waals surface area contributed by atoms with E-state index in [1.807, 2.05) is 0 Å². The maximum Gasteiger partial charge on any atom is 0.191 e. The molecular formula is C14H28N4O. The number of aliphatic imine (C=N–C) groups is 1. The third-order valence-electron chi connectivity index (χ3n) is 4.15. The van der Waals surface area contributed by atoms with Crippen molar-refractivity contribution in [1.29, 1.82) is 0 Å². The highest BCUT2D eigenvalue weighted by molar-refractivity contribution is 5.78. The highest BCUT2D eigenvalue weighted by Gasteiger charge is 2.24. The first kappa shape index (κ1) is 14.6. The van der Waals surface area contributed by atoms with Crippen molar-refractivity contribution in [2.75, 3.05) is 45.9 Å². The van der Waals surface area contributed by atoms with Gasteiger partial charge in [-0.05, 0) is 31.8 Å². The van der Waals surface area contributed by atoms with E-state index in [1.165, 1.54) is 25.9 Å². The number of guanidine groups is 1. The number of morpholine rings is 1. The lowest BCUT2D eigenvalue weighted by molar-refractivity contribution is 0.0673. The van der Waals surface area contributed by atoms with E-state index in [9.17, 15) is 0 Å². The third kappa shape index (κ3) is 4.08. The number of ether oxygens (including phenoxy) is 1. The Labute approximate surface area is 116 Å². The van der Waals surface area contributed by atoms with E-state index in [1.54, 1.807) is 0 Å². The minimum atomic E-state index is 0.530. The smallest absolute Gasteiger partial charge is 0.191 e. The summed E-state index contributed by atoms with van der Waals surface area (Å²) in [6.07, 6.45) is 2.65. The van der Waals surface area contributed by atoms with Gasteiger partial charge in [-0.2, -0.15) is 0 Å². The molecule has 2 fully saturated rings. The fourth-order valence-electron chi connectivity index (χ4n) is 2.90. The van der Waals surface area contributed by atoms with Crippen LogP contribution in [-0.2, 0) is 4.74 Å². The Hall–Kier alpha value is -0.810. The first-order chi connectivity index (χ1) is 9.18. The molecule has 0 aromatic carbocycles.